The molecular weight excluding hydrogens is 446 g/mol. The maximum Gasteiger partial charge on any atom is 0.326 e. The molecule has 0 radical (unpaired) electrons. The molecule has 9 N–H and O–H groups in total. The van der Waals surface area contributed by atoms with Crippen LogP contribution in [0.2, 0.25) is 0 Å². The number of carboxylic acid groups (broad SMARTS) is 1. The van der Waals surface area contributed by atoms with Crippen LogP contribution < -0.4 is 27.4 Å². The normalized spacial score (nSPS) is 15.5. The van der Waals surface area contributed by atoms with Gasteiger partial charge >= 0.3 is 5.97 Å². The molecule has 0 aliphatic heterocycles. The third-order valence-corrected chi connectivity index (χ3v) is 5.44. The van der Waals surface area contributed by atoms with Crippen LogP contribution in [-0.4, -0.2) is 68.8 Å². The zero-order valence-electron chi connectivity index (χ0n) is 19.8. The summed E-state index contributed by atoms with van der Waals surface area (Å²) in [6.07, 6.45) is 2.89. The van der Waals surface area contributed by atoms with Gasteiger partial charge in [0.25, 0.3) is 0 Å². The first kappa shape index (κ1) is 28.6. The molecular formula is C21H35N7O6. The van der Waals surface area contributed by atoms with Crippen LogP contribution in [-0.2, 0) is 30.4 Å². The summed E-state index contributed by atoms with van der Waals surface area (Å²) in [6.45, 7) is 6.92. The Morgan fingerprint density at radius 2 is 1.65 bits per heavy atom. The molecule has 0 aliphatic rings. The van der Waals surface area contributed by atoms with E-state index in [1.54, 1.807) is 20.8 Å². The van der Waals surface area contributed by atoms with Crippen LogP contribution in [0.5, 0.6) is 0 Å². The minimum atomic E-state index is -1.35. The van der Waals surface area contributed by atoms with E-state index in [1.165, 1.54) is 12.5 Å². The molecule has 5 unspecified atom stereocenters. The van der Waals surface area contributed by atoms with Crippen LogP contribution in [0, 0.1) is 11.8 Å². The third-order valence-electron chi connectivity index (χ3n) is 5.44. The lowest BCUT2D eigenvalue weighted by Crippen LogP contribution is -2.59. The topological polar surface area (TPSA) is 222 Å². The van der Waals surface area contributed by atoms with Crippen LogP contribution in [0.1, 0.15) is 46.2 Å². The Bertz CT molecular complexity index is 858. The van der Waals surface area contributed by atoms with Crippen molar-refractivity contribution in [3.63, 3.8) is 0 Å². The zero-order chi connectivity index (χ0) is 26.0. The van der Waals surface area contributed by atoms with Crippen molar-refractivity contribution in [1.82, 2.24) is 25.9 Å². The molecule has 0 fully saturated rings. The highest BCUT2D eigenvalue weighted by Gasteiger charge is 2.33. The summed E-state index contributed by atoms with van der Waals surface area (Å²) >= 11 is 0. The van der Waals surface area contributed by atoms with Crippen LogP contribution in [0.3, 0.4) is 0 Å². The number of aromatic nitrogens is 2. The number of nitrogens with zero attached hydrogens (tertiary/aromatic N) is 1. The van der Waals surface area contributed by atoms with Gasteiger partial charge in [0.2, 0.25) is 23.6 Å². The Kier molecular flexibility index (Phi) is 11.2. The van der Waals surface area contributed by atoms with Crippen molar-refractivity contribution in [2.24, 2.45) is 23.3 Å². The van der Waals surface area contributed by atoms with E-state index in [0.29, 0.717) is 12.1 Å². The van der Waals surface area contributed by atoms with Gasteiger partial charge in [-0.1, -0.05) is 34.1 Å². The lowest BCUT2D eigenvalue weighted by atomic mass is 9.98. The molecule has 4 amide bonds. The fourth-order valence-corrected chi connectivity index (χ4v) is 3.06. The highest BCUT2D eigenvalue weighted by Crippen LogP contribution is 2.08. The summed E-state index contributed by atoms with van der Waals surface area (Å²) in [7, 11) is 0. The van der Waals surface area contributed by atoms with Gasteiger partial charge in [0.05, 0.1) is 18.8 Å². The van der Waals surface area contributed by atoms with E-state index in [1.807, 2.05) is 6.92 Å². The summed E-state index contributed by atoms with van der Waals surface area (Å²) in [5.74, 6) is -4.92. The smallest absolute Gasteiger partial charge is 0.326 e. The van der Waals surface area contributed by atoms with E-state index in [9.17, 15) is 29.1 Å². The van der Waals surface area contributed by atoms with Crippen LogP contribution in [0.4, 0.5) is 0 Å². The summed E-state index contributed by atoms with van der Waals surface area (Å²) in [6, 6.07) is -4.68. The lowest BCUT2D eigenvalue weighted by Gasteiger charge is -2.27. The molecule has 0 spiro atoms. The van der Waals surface area contributed by atoms with E-state index in [2.05, 4.69) is 25.9 Å². The molecule has 34 heavy (non-hydrogen) atoms. The van der Waals surface area contributed by atoms with E-state index >= 15 is 0 Å². The second-order valence-corrected chi connectivity index (χ2v) is 8.55. The van der Waals surface area contributed by atoms with Gasteiger partial charge in [-0.25, -0.2) is 9.78 Å². The minimum absolute atomic E-state index is 0.0479. The summed E-state index contributed by atoms with van der Waals surface area (Å²) in [5, 5.41) is 16.8. The van der Waals surface area contributed by atoms with Gasteiger partial charge in [-0.3, -0.25) is 19.2 Å². The molecule has 1 heterocycles. The van der Waals surface area contributed by atoms with E-state index in [4.69, 9.17) is 11.5 Å². The highest BCUT2D eigenvalue weighted by atomic mass is 16.4. The molecule has 0 aliphatic carbocycles. The maximum atomic E-state index is 12.9. The molecule has 5 atom stereocenters. The first-order valence-corrected chi connectivity index (χ1v) is 11.0. The van der Waals surface area contributed by atoms with Crippen LogP contribution >= 0.6 is 0 Å². The Balaban J connectivity index is 2.96. The van der Waals surface area contributed by atoms with Gasteiger partial charge in [0.1, 0.15) is 18.1 Å². The molecule has 13 heteroatoms. The second kappa shape index (κ2) is 13.3. The van der Waals surface area contributed by atoms with E-state index < -0.39 is 66.1 Å². The Morgan fingerprint density at radius 1 is 1.03 bits per heavy atom. The van der Waals surface area contributed by atoms with Gasteiger partial charge < -0.3 is 37.5 Å². The minimum Gasteiger partial charge on any atom is -0.480 e. The maximum absolute atomic E-state index is 12.9. The lowest BCUT2D eigenvalue weighted by molar-refractivity contribution is -0.142. The zero-order valence-corrected chi connectivity index (χ0v) is 19.8. The fraction of sp³-hybridized carbons (Fsp3) is 0.619. The average molecular weight is 482 g/mol. The quantitative estimate of drug-likeness (QED) is 0.163. The number of carbonyl (C=O) groups is 5. The van der Waals surface area contributed by atoms with Gasteiger partial charge in [-0.2, -0.15) is 0 Å². The molecule has 1 rings (SSSR count). The number of imidazole rings is 1. The van der Waals surface area contributed by atoms with E-state index in [-0.39, 0.29) is 12.3 Å². The van der Waals surface area contributed by atoms with Gasteiger partial charge in [-0.05, 0) is 11.8 Å². The molecule has 13 nitrogen and oxygen atoms in total. The number of nitrogens with two attached hydrogens (primary N) is 2. The molecule has 0 saturated carbocycles. The SMILES string of the molecule is CCC(C)C(N)C(=O)NC(CC(N)=O)C(=O)NC(C(=O)NC(Cc1cnc[nH]1)C(=O)O)C(C)C. The molecule has 1 aromatic heterocycles. The van der Waals surface area contributed by atoms with Crippen molar-refractivity contribution in [3.8, 4) is 0 Å². The molecule has 0 aromatic carbocycles. The number of nitrogens with one attached hydrogen (secondary N) is 4. The van der Waals surface area contributed by atoms with E-state index in [0.717, 1.165) is 0 Å². The molecule has 0 saturated heterocycles. The first-order valence-electron chi connectivity index (χ1n) is 11.0. The van der Waals surface area contributed by atoms with Gasteiger partial charge in [-0.15, -0.1) is 0 Å². The van der Waals surface area contributed by atoms with Gasteiger partial charge in [0, 0.05) is 18.3 Å². The molecule has 190 valence electrons. The number of carbonyl (C=O) groups excluding carboxylic acids is 4. The number of hydrogen-bond donors (Lipinski definition) is 7. The fourth-order valence-electron chi connectivity index (χ4n) is 3.06. The predicted octanol–water partition coefficient (Wildman–Crippen LogP) is -1.60. The van der Waals surface area contributed by atoms with Crippen molar-refractivity contribution < 1.29 is 29.1 Å². The van der Waals surface area contributed by atoms with Crippen molar-refractivity contribution in [2.45, 2.75) is 71.1 Å². The highest BCUT2D eigenvalue weighted by molar-refractivity contribution is 5.96. The summed E-state index contributed by atoms with van der Waals surface area (Å²) in [5.41, 5.74) is 11.6. The molecule has 0 bridgehead atoms. The number of rotatable bonds is 14. The van der Waals surface area contributed by atoms with Crippen molar-refractivity contribution in [2.75, 3.05) is 0 Å². The number of hydrogen-bond acceptors (Lipinski definition) is 7. The van der Waals surface area contributed by atoms with Crippen molar-refractivity contribution in [3.05, 3.63) is 18.2 Å². The summed E-state index contributed by atoms with van der Waals surface area (Å²) < 4.78 is 0. The second-order valence-electron chi connectivity index (χ2n) is 8.55. The number of aliphatic carboxylic acids is 1. The third kappa shape index (κ3) is 8.81. The molecule has 1 aromatic rings. The van der Waals surface area contributed by atoms with Crippen molar-refractivity contribution in [1.29, 1.82) is 0 Å². The number of H-pyrrole nitrogens is 1. The monoisotopic (exact) mass is 481 g/mol. The first-order chi connectivity index (χ1) is 15.9. The number of aromatic amines is 1. The number of primary amides is 1. The Hall–Kier alpha value is -3.48. The van der Waals surface area contributed by atoms with Crippen LogP contribution in [0.25, 0.3) is 0 Å². The van der Waals surface area contributed by atoms with Crippen LogP contribution in [0.15, 0.2) is 12.5 Å². The Morgan fingerprint density at radius 3 is 2.12 bits per heavy atom. The summed E-state index contributed by atoms with van der Waals surface area (Å²) in [4.78, 5) is 67.9. The largest absolute Gasteiger partial charge is 0.480 e. The average Bonchev–Trinajstić information content (AvgIpc) is 3.27. The Labute approximate surface area is 197 Å². The standard InChI is InChI=1S/C21H35N7O6/c1-5-11(4)16(23)19(31)26-13(7-15(22)29)18(30)28-17(10(2)3)20(32)27-14(21(33)34)6-12-8-24-9-25-12/h8-11,13-14,16-17H,5-7,23H2,1-4H3,(H2,22,29)(H,24,25)(H,26,31)(H,27,32)(H,28,30)(H,33,34). The van der Waals surface area contributed by atoms with Crippen molar-refractivity contribution >= 4 is 29.6 Å². The number of carboxylic acids is 1. The predicted molar refractivity (Wildman–Crippen MR) is 122 cm³/mol. The number of amides is 4. The van der Waals surface area contributed by atoms with Gasteiger partial charge in [0.15, 0.2) is 0 Å².